The van der Waals surface area contributed by atoms with Gasteiger partial charge in [0.05, 0.1) is 32.2 Å². The molecule has 2 atom stereocenters. The molecule has 2 rings (SSSR count). The molecule has 0 saturated heterocycles. The van der Waals surface area contributed by atoms with Crippen LogP contribution >= 0.6 is 50.7 Å². The van der Waals surface area contributed by atoms with E-state index < -0.39 is 18.0 Å². The molecular formula is C26H24BrCl3F3NO2. The summed E-state index contributed by atoms with van der Waals surface area (Å²) in [4.78, 5) is 25.5. The predicted molar refractivity (Wildman–Crippen MR) is 144 cm³/mol. The molecular weight excluding hydrogens is 602 g/mol. The van der Waals surface area contributed by atoms with Gasteiger partial charge in [0.1, 0.15) is 0 Å². The predicted octanol–water partition coefficient (Wildman–Crippen LogP) is 9.41. The van der Waals surface area contributed by atoms with E-state index in [9.17, 15) is 22.8 Å². The van der Waals surface area contributed by atoms with Crippen LogP contribution in [0, 0.1) is 5.92 Å². The van der Waals surface area contributed by atoms with Crippen molar-refractivity contribution in [3.63, 3.8) is 0 Å². The Labute approximate surface area is 231 Å². The zero-order valence-electron chi connectivity index (χ0n) is 19.9. The molecule has 0 fully saturated rings. The van der Waals surface area contributed by atoms with E-state index in [1.165, 1.54) is 24.3 Å². The molecule has 0 aliphatic carbocycles. The van der Waals surface area contributed by atoms with Crippen LogP contribution in [0.25, 0.3) is 6.08 Å². The Morgan fingerprint density at radius 3 is 2.14 bits per heavy atom. The second-order valence-electron chi connectivity index (χ2n) is 8.42. The summed E-state index contributed by atoms with van der Waals surface area (Å²) in [6.45, 7) is 7.14. The number of benzene rings is 2. The van der Waals surface area contributed by atoms with E-state index in [-0.39, 0.29) is 43.6 Å². The maximum atomic E-state index is 13.8. The standard InChI is InChI=1S/C26H24BrCl3F3NO2/c1-5-14(4)24(35)23(13(2)3)34-25(36)17-8-6-15(10-19(17)27)7-9-18(26(31,32)33)16-11-20(28)22(30)21(29)12-16/h6-12,14,18H,5H2,1-4H3,(H,34,36). The van der Waals surface area contributed by atoms with Crippen molar-refractivity contribution in [1.82, 2.24) is 5.32 Å². The van der Waals surface area contributed by atoms with Crippen LogP contribution in [0.4, 0.5) is 13.2 Å². The monoisotopic (exact) mass is 623 g/mol. The Morgan fingerprint density at radius 2 is 1.67 bits per heavy atom. The first-order valence-electron chi connectivity index (χ1n) is 10.9. The number of nitrogens with one attached hydrogen (secondary N) is 1. The van der Waals surface area contributed by atoms with E-state index in [0.717, 1.165) is 18.2 Å². The summed E-state index contributed by atoms with van der Waals surface area (Å²) in [5.74, 6) is -2.91. The van der Waals surface area contributed by atoms with Crippen molar-refractivity contribution in [3.05, 3.63) is 83.9 Å². The van der Waals surface area contributed by atoms with Crippen molar-refractivity contribution in [2.45, 2.75) is 46.2 Å². The van der Waals surface area contributed by atoms with Crippen molar-refractivity contribution in [3.8, 4) is 0 Å². The van der Waals surface area contributed by atoms with E-state index in [1.807, 2.05) is 6.92 Å². The smallest absolute Gasteiger partial charge is 0.319 e. The first-order valence-corrected chi connectivity index (χ1v) is 12.8. The van der Waals surface area contributed by atoms with Gasteiger partial charge in [-0.2, -0.15) is 13.2 Å². The zero-order valence-corrected chi connectivity index (χ0v) is 23.7. The fourth-order valence-electron chi connectivity index (χ4n) is 3.24. The Kier molecular flexibility index (Phi) is 10.7. The lowest BCUT2D eigenvalue weighted by molar-refractivity contribution is -0.139. The van der Waals surface area contributed by atoms with Gasteiger partial charge in [-0.05, 0) is 77.2 Å². The lowest BCUT2D eigenvalue weighted by atomic mass is 9.97. The molecule has 2 aromatic rings. The van der Waals surface area contributed by atoms with E-state index in [2.05, 4.69) is 21.2 Å². The molecule has 0 bridgehead atoms. The summed E-state index contributed by atoms with van der Waals surface area (Å²) in [5.41, 5.74) is 1.39. The molecule has 0 radical (unpaired) electrons. The molecule has 0 saturated carbocycles. The molecule has 2 aromatic carbocycles. The van der Waals surface area contributed by atoms with Gasteiger partial charge in [-0.15, -0.1) is 0 Å². The van der Waals surface area contributed by atoms with Crippen LogP contribution < -0.4 is 5.32 Å². The number of rotatable bonds is 8. The van der Waals surface area contributed by atoms with Gasteiger partial charge in [0.25, 0.3) is 5.91 Å². The molecule has 0 spiro atoms. The number of amides is 1. The highest BCUT2D eigenvalue weighted by molar-refractivity contribution is 9.10. The van der Waals surface area contributed by atoms with Crippen LogP contribution in [0.1, 0.15) is 61.5 Å². The highest BCUT2D eigenvalue weighted by Crippen LogP contribution is 2.41. The number of Topliss-reactive ketones (excluding diaryl/α,β-unsaturated/α-hetero) is 1. The minimum absolute atomic E-state index is 0.0214. The highest BCUT2D eigenvalue weighted by atomic mass is 79.9. The topological polar surface area (TPSA) is 46.2 Å². The molecule has 0 aromatic heterocycles. The first kappa shape index (κ1) is 30.4. The van der Waals surface area contributed by atoms with Crippen LogP contribution in [0.15, 0.2) is 52.2 Å². The third-order valence-corrected chi connectivity index (χ3v) is 7.33. The number of alkyl halides is 3. The molecule has 1 N–H and O–H groups in total. The average Bonchev–Trinajstić information content (AvgIpc) is 2.78. The van der Waals surface area contributed by atoms with Gasteiger partial charge >= 0.3 is 6.18 Å². The number of halogens is 7. The molecule has 36 heavy (non-hydrogen) atoms. The number of allylic oxidation sites excluding steroid dienone is 3. The van der Waals surface area contributed by atoms with Crippen molar-refractivity contribution in [1.29, 1.82) is 0 Å². The minimum Gasteiger partial charge on any atom is -0.319 e. The number of hydrogen-bond acceptors (Lipinski definition) is 2. The molecule has 0 aliphatic heterocycles. The molecule has 3 nitrogen and oxygen atoms in total. The SMILES string of the molecule is CCC(C)C(=O)C(NC(=O)c1ccc(C=CC(c2cc(Cl)c(Cl)c(Cl)c2)C(F)(F)F)cc1Br)=C(C)C. The molecule has 0 heterocycles. The molecule has 2 unspecified atom stereocenters. The number of hydrogen-bond donors (Lipinski definition) is 1. The normalized spacial score (nSPS) is 13.4. The average molecular weight is 626 g/mol. The number of carbonyl (C=O) groups excluding carboxylic acids is 2. The second-order valence-corrected chi connectivity index (χ2v) is 10.5. The first-order chi connectivity index (χ1) is 16.7. The zero-order chi connectivity index (χ0) is 27.4. The third-order valence-electron chi connectivity index (χ3n) is 5.48. The van der Waals surface area contributed by atoms with Gasteiger partial charge in [-0.3, -0.25) is 9.59 Å². The number of carbonyl (C=O) groups is 2. The summed E-state index contributed by atoms with van der Waals surface area (Å²) < 4.78 is 41.7. The van der Waals surface area contributed by atoms with Crippen LogP contribution in [0.3, 0.4) is 0 Å². The van der Waals surface area contributed by atoms with Gasteiger partial charge in [0.2, 0.25) is 0 Å². The van der Waals surface area contributed by atoms with Crippen molar-refractivity contribution < 1.29 is 22.8 Å². The fraction of sp³-hybridized carbons (Fsp3) is 0.308. The van der Waals surface area contributed by atoms with Gasteiger partial charge in [-0.25, -0.2) is 0 Å². The third kappa shape index (κ3) is 7.60. The lowest BCUT2D eigenvalue weighted by Crippen LogP contribution is -2.31. The van der Waals surface area contributed by atoms with Gasteiger partial charge in [0, 0.05) is 10.4 Å². The lowest BCUT2D eigenvalue weighted by Gasteiger charge is -2.18. The molecule has 194 valence electrons. The Balaban J connectivity index is 2.33. The summed E-state index contributed by atoms with van der Waals surface area (Å²) in [5, 5.41) is 2.49. The van der Waals surface area contributed by atoms with E-state index in [1.54, 1.807) is 20.8 Å². The van der Waals surface area contributed by atoms with Gasteiger partial charge in [0.15, 0.2) is 5.78 Å². The molecule has 1 amide bonds. The minimum atomic E-state index is -4.61. The van der Waals surface area contributed by atoms with Crippen molar-refractivity contribution in [2.75, 3.05) is 0 Å². The second kappa shape index (κ2) is 12.6. The highest BCUT2D eigenvalue weighted by Gasteiger charge is 2.39. The molecule has 0 aliphatic rings. The number of ketones is 1. The van der Waals surface area contributed by atoms with Crippen molar-refractivity contribution in [2.24, 2.45) is 5.92 Å². The van der Waals surface area contributed by atoms with Crippen molar-refractivity contribution >= 4 is 68.5 Å². The summed E-state index contributed by atoms with van der Waals surface area (Å²) >= 11 is 21.0. The Hall–Kier alpha value is -1.80. The van der Waals surface area contributed by atoms with E-state index >= 15 is 0 Å². The Bertz CT molecular complexity index is 1200. The molecule has 10 heteroatoms. The van der Waals surface area contributed by atoms with Crippen LogP contribution in [0.5, 0.6) is 0 Å². The van der Waals surface area contributed by atoms with E-state index in [0.29, 0.717) is 22.0 Å². The van der Waals surface area contributed by atoms with Gasteiger partial charge in [-0.1, -0.05) is 66.9 Å². The summed E-state index contributed by atoms with van der Waals surface area (Å²) in [7, 11) is 0. The fourth-order valence-corrected chi connectivity index (χ4v) is 4.43. The summed E-state index contributed by atoms with van der Waals surface area (Å²) in [6, 6.07) is 6.74. The maximum absolute atomic E-state index is 13.8. The largest absolute Gasteiger partial charge is 0.399 e. The Morgan fingerprint density at radius 1 is 1.08 bits per heavy atom. The van der Waals surface area contributed by atoms with Crippen LogP contribution in [-0.2, 0) is 4.79 Å². The maximum Gasteiger partial charge on any atom is 0.399 e. The van der Waals surface area contributed by atoms with E-state index in [4.69, 9.17) is 34.8 Å². The summed E-state index contributed by atoms with van der Waals surface area (Å²) in [6.07, 6.45) is -1.72. The van der Waals surface area contributed by atoms with Crippen LogP contribution in [0.2, 0.25) is 15.1 Å². The van der Waals surface area contributed by atoms with Gasteiger partial charge < -0.3 is 5.32 Å². The van der Waals surface area contributed by atoms with Crippen LogP contribution in [-0.4, -0.2) is 17.9 Å². The quantitative estimate of drug-likeness (QED) is 0.235.